The third kappa shape index (κ3) is 5.76. The molecule has 0 aliphatic rings. The van der Waals surface area contributed by atoms with Crippen molar-refractivity contribution in [3.8, 4) is 17.1 Å². The number of ether oxygens (including phenoxy) is 1. The minimum Gasteiger partial charge on any atom is -0.494 e. The summed E-state index contributed by atoms with van der Waals surface area (Å²) in [5, 5.41) is 0. The Morgan fingerprint density at radius 2 is 1.73 bits per heavy atom. The number of nitrogens with zero attached hydrogens (tertiary/aromatic N) is 4. The molecule has 0 amide bonds. The molecule has 0 saturated carbocycles. The number of pyridine rings is 1. The van der Waals surface area contributed by atoms with Crippen molar-refractivity contribution in [3.63, 3.8) is 0 Å². The predicted octanol–water partition coefficient (Wildman–Crippen LogP) is 3.41. The van der Waals surface area contributed by atoms with Gasteiger partial charge in [0.25, 0.3) is 0 Å². The summed E-state index contributed by atoms with van der Waals surface area (Å²) in [5.74, 6) is 2.22. The summed E-state index contributed by atoms with van der Waals surface area (Å²) in [7, 11) is -1.19. The number of anilines is 1. The molecule has 0 radical (unpaired) electrons. The summed E-state index contributed by atoms with van der Waals surface area (Å²) in [4.78, 5) is 15.8. The molecule has 0 saturated heterocycles. The lowest BCUT2D eigenvalue weighted by Gasteiger charge is -2.19. The summed E-state index contributed by atoms with van der Waals surface area (Å²) in [6.07, 6.45) is 6.28. The number of sulfone groups is 1. The van der Waals surface area contributed by atoms with Gasteiger partial charge in [-0.2, -0.15) is 0 Å². The number of hydrogen-bond donors (Lipinski definition) is 0. The molecule has 8 heteroatoms. The maximum absolute atomic E-state index is 11.5. The van der Waals surface area contributed by atoms with Crippen LogP contribution in [0.3, 0.4) is 0 Å². The van der Waals surface area contributed by atoms with E-state index in [1.807, 2.05) is 25.2 Å². The number of rotatable bonds is 9. The first-order valence-corrected chi connectivity index (χ1v) is 11.7. The van der Waals surface area contributed by atoms with Crippen LogP contribution >= 0.6 is 0 Å². The third-order valence-corrected chi connectivity index (χ3v) is 5.74. The lowest BCUT2D eigenvalue weighted by Crippen LogP contribution is -2.22. The topological polar surface area (TPSA) is 85.3 Å². The monoisotopic (exact) mass is 426 g/mol. The highest BCUT2D eigenvalue weighted by molar-refractivity contribution is 7.90. The number of aromatic nitrogens is 3. The summed E-state index contributed by atoms with van der Waals surface area (Å²) in [6, 6.07) is 12.3. The second-order valence-corrected chi connectivity index (χ2v) is 9.01. The van der Waals surface area contributed by atoms with Crippen LogP contribution in [0.2, 0.25) is 0 Å². The fraction of sp³-hybridized carbons (Fsp3) is 0.318. The molecule has 3 rings (SSSR count). The second-order valence-electron chi connectivity index (χ2n) is 7.00. The van der Waals surface area contributed by atoms with Crippen molar-refractivity contribution in [1.82, 2.24) is 15.0 Å². The van der Waals surface area contributed by atoms with Crippen LogP contribution in [0.15, 0.2) is 59.8 Å². The quantitative estimate of drug-likeness (QED) is 0.485. The van der Waals surface area contributed by atoms with E-state index in [4.69, 9.17) is 9.72 Å². The second kappa shape index (κ2) is 9.67. The first-order chi connectivity index (χ1) is 14.4. The molecule has 7 nitrogen and oxygen atoms in total. The Labute approximate surface area is 177 Å². The molecule has 0 spiro atoms. The molecule has 2 heterocycles. The summed E-state index contributed by atoms with van der Waals surface area (Å²) in [5.41, 5.74) is 1.93. The van der Waals surface area contributed by atoms with Gasteiger partial charge in [0.05, 0.1) is 11.5 Å². The average molecular weight is 427 g/mol. The highest BCUT2D eigenvalue weighted by Gasteiger charge is 2.10. The molecule has 0 aliphatic carbocycles. The lowest BCUT2D eigenvalue weighted by molar-refractivity contribution is 0.312. The first-order valence-electron chi connectivity index (χ1n) is 9.79. The Morgan fingerprint density at radius 3 is 2.37 bits per heavy atom. The van der Waals surface area contributed by atoms with Gasteiger partial charge in [0.1, 0.15) is 11.6 Å². The van der Waals surface area contributed by atoms with Gasteiger partial charge in [0.2, 0.25) is 0 Å². The van der Waals surface area contributed by atoms with Crippen LogP contribution in [-0.4, -0.2) is 49.8 Å². The molecule has 2 aromatic heterocycles. The van der Waals surface area contributed by atoms with E-state index >= 15 is 0 Å². The molecule has 0 fully saturated rings. The van der Waals surface area contributed by atoms with E-state index in [-0.39, 0.29) is 4.90 Å². The van der Waals surface area contributed by atoms with Crippen molar-refractivity contribution in [2.45, 2.75) is 24.7 Å². The zero-order valence-electron chi connectivity index (χ0n) is 17.4. The molecule has 0 bridgehead atoms. The fourth-order valence-corrected chi connectivity index (χ4v) is 3.51. The Balaban J connectivity index is 1.59. The smallest absolute Gasteiger partial charge is 0.175 e. The molecule has 30 heavy (non-hydrogen) atoms. The molecule has 3 aromatic rings. The van der Waals surface area contributed by atoms with E-state index < -0.39 is 9.84 Å². The maximum Gasteiger partial charge on any atom is 0.175 e. The van der Waals surface area contributed by atoms with Gasteiger partial charge in [-0.15, -0.1) is 0 Å². The highest BCUT2D eigenvalue weighted by Crippen LogP contribution is 2.20. The van der Waals surface area contributed by atoms with E-state index in [1.165, 1.54) is 6.26 Å². The SMILES string of the molecule is CCc1cc(N(C)CCCOc2ccc(S(C)(=O)=O)cc2)nc(-c2ccncc2)n1. The zero-order chi connectivity index (χ0) is 21.6. The molecule has 0 aliphatic heterocycles. The Hall–Kier alpha value is -3.00. The lowest BCUT2D eigenvalue weighted by atomic mass is 10.2. The molecule has 1 aromatic carbocycles. The van der Waals surface area contributed by atoms with Crippen molar-refractivity contribution in [2.75, 3.05) is 31.4 Å². The van der Waals surface area contributed by atoms with Crippen LogP contribution < -0.4 is 9.64 Å². The third-order valence-electron chi connectivity index (χ3n) is 4.62. The van der Waals surface area contributed by atoms with Gasteiger partial charge >= 0.3 is 0 Å². The van der Waals surface area contributed by atoms with Crippen LogP contribution in [-0.2, 0) is 16.3 Å². The van der Waals surface area contributed by atoms with E-state index in [1.54, 1.807) is 36.7 Å². The van der Waals surface area contributed by atoms with Gasteiger partial charge < -0.3 is 9.64 Å². The molecule has 0 unspecified atom stereocenters. The molecular formula is C22H26N4O3S. The normalized spacial score (nSPS) is 11.3. The minimum absolute atomic E-state index is 0.287. The average Bonchev–Trinajstić information content (AvgIpc) is 2.76. The van der Waals surface area contributed by atoms with Gasteiger partial charge in [0.15, 0.2) is 15.7 Å². The molecule has 0 atom stereocenters. The first kappa shape index (κ1) is 21.7. The standard InChI is InChI=1S/C22H26N4O3S/c1-4-18-16-21(25-22(24-18)17-10-12-23-13-11-17)26(2)14-5-15-29-19-6-8-20(9-7-19)30(3,27)28/h6-13,16H,4-5,14-15H2,1-3H3. The van der Waals surface area contributed by atoms with Gasteiger partial charge in [0, 0.05) is 49.6 Å². The van der Waals surface area contributed by atoms with E-state index in [0.29, 0.717) is 18.2 Å². The van der Waals surface area contributed by atoms with Crippen LogP contribution in [0.5, 0.6) is 5.75 Å². The van der Waals surface area contributed by atoms with Crippen molar-refractivity contribution in [1.29, 1.82) is 0 Å². The fourth-order valence-electron chi connectivity index (χ4n) is 2.88. The van der Waals surface area contributed by atoms with Crippen LogP contribution in [0.25, 0.3) is 11.4 Å². The van der Waals surface area contributed by atoms with Gasteiger partial charge in [-0.05, 0) is 49.2 Å². The van der Waals surface area contributed by atoms with E-state index in [9.17, 15) is 8.42 Å². The van der Waals surface area contributed by atoms with Gasteiger partial charge in [-0.1, -0.05) is 6.92 Å². The highest BCUT2D eigenvalue weighted by atomic mass is 32.2. The Morgan fingerprint density at radius 1 is 1.03 bits per heavy atom. The van der Waals surface area contributed by atoms with Crippen molar-refractivity contribution >= 4 is 15.7 Å². The Kier molecular flexibility index (Phi) is 6.99. The van der Waals surface area contributed by atoms with Crippen molar-refractivity contribution < 1.29 is 13.2 Å². The summed E-state index contributed by atoms with van der Waals surface area (Å²) in [6.45, 7) is 3.36. The number of benzene rings is 1. The minimum atomic E-state index is -3.19. The van der Waals surface area contributed by atoms with E-state index in [0.717, 1.165) is 36.5 Å². The molecule has 0 N–H and O–H groups in total. The van der Waals surface area contributed by atoms with Gasteiger partial charge in [-0.25, -0.2) is 18.4 Å². The van der Waals surface area contributed by atoms with Gasteiger partial charge in [-0.3, -0.25) is 4.98 Å². The Bertz CT molecular complexity index is 1070. The number of hydrogen-bond acceptors (Lipinski definition) is 7. The van der Waals surface area contributed by atoms with Crippen LogP contribution in [0.4, 0.5) is 5.82 Å². The van der Waals surface area contributed by atoms with Crippen molar-refractivity contribution in [2.24, 2.45) is 0 Å². The zero-order valence-corrected chi connectivity index (χ0v) is 18.3. The largest absolute Gasteiger partial charge is 0.494 e. The summed E-state index contributed by atoms with van der Waals surface area (Å²) >= 11 is 0. The van der Waals surface area contributed by atoms with Crippen LogP contribution in [0, 0.1) is 0 Å². The molecular weight excluding hydrogens is 400 g/mol. The van der Waals surface area contributed by atoms with E-state index in [2.05, 4.69) is 21.8 Å². The predicted molar refractivity (Wildman–Crippen MR) is 118 cm³/mol. The van der Waals surface area contributed by atoms with Crippen LogP contribution in [0.1, 0.15) is 19.0 Å². The molecule has 158 valence electrons. The van der Waals surface area contributed by atoms with Crippen molar-refractivity contribution in [3.05, 3.63) is 60.6 Å². The summed E-state index contributed by atoms with van der Waals surface area (Å²) < 4.78 is 28.8. The maximum atomic E-state index is 11.5. The number of aryl methyl sites for hydroxylation is 1.